The number of halogens is 1. The highest BCUT2D eigenvalue weighted by Crippen LogP contribution is 2.25. The molecule has 0 aliphatic rings. The van der Waals surface area contributed by atoms with E-state index in [1.54, 1.807) is 17.4 Å². The Morgan fingerprint density at radius 1 is 1.10 bits per heavy atom. The van der Waals surface area contributed by atoms with E-state index in [1.807, 2.05) is 30.5 Å². The Hall–Kier alpha value is -3.19. The van der Waals surface area contributed by atoms with Crippen molar-refractivity contribution in [2.75, 3.05) is 13.2 Å². The number of carboxylic acid groups (broad SMARTS) is 1. The van der Waals surface area contributed by atoms with Crippen LogP contribution >= 0.6 is 11.3 Å². The van der Waals surface area contributed by atoms with E-state index in [9.17, 15) is 9.18 Å². The van der Waals surface area contributed by atoms with Crippen LogP contribution in [0.15, 0.2) is 65.1 Å². The van der Waals surface area contributed by atoms with Crippen LogP contribution in [0.4, 0.5) is 4.39 Å². The van der Waals surface area contributed by atoms with Crippen molar-refractivity contribution >= 4 is 23.0 Å². The molecule has 0 spiro atoms. The van der Waals surface area contributed by atoms with Crippen LogP contribution in [0, 0.1) is 5.82 Å². The van der Waals surface area contributed by atoms with Crippen LogP contribution in [0.1, 0.15) is 24.5 Å². The number of carboxylic acids is 1. The molecule has 0 aliphatic carbocycles. The third kappa shape index (κ3) is 5.67. The summed E-state index contributed by atoms with van der Waals surface area (Å²) in [6.45, 7) is 2.22. The molecule has 1 heterocycles. The molecule has 0 fully saturated rings. The van der Waals surface area contributed by atoms with E-state index in [1.165, 1.54) is 17.0 Å². The molecule has 0 aliphatic heterocycles. The minimum atomic E-state index is -1.10. The zero-order valence-corrected chi connectivity index (χ0v) is 17.3. The zero-order valence-electron chi connectivity index (χ0n) is 16.5. The van der Waals surface area contributed by atoms with E-state index in [4.69, 9.17) is 14.7 Å². The Kier molecular flexibility index (Phi) is 7.57. The average molecular weight is 427 g/mol. The monoisotopic (exact) mass is 427 g/mol. The van der Waals surface area contributed by atoms with Crippen molar-refractivity contribution in [2.45, 2.75) is 19.8 Å². The number of hydrogen-bond acceptors (Lipinski definition) is 5. The van der Waals surface area contributed by atoms with Gasteiger partial charge in [-0.3, -0.25) is 4.79 Å². The summed E-state index contributed by atoms with van der Waals surface area (Å²) in [5.41, 5.74) is 3.03. The van der Waals surface area contributed by atoms with Gasteiger partial charge in [-0.05, 0) is 35.1 Å². The molecule has 30 heavy (non-hydrogen) atoms. The number of rotatable bonds is 10. The molecule has 3 aromatic rings. The van der Waals surface area contributed by atoms with Crippen LogP contribution in [0.2, 0.25) is 0 Å². The maximum absolute atomic E-state index is 14.2. The third-order valence-corrected chi connectivity index (χ3v) is 5.27. The lowest BCUT2D eigenvalue weighted by atomic mass is 10.1. The standard InChI is InChI=1S/C23H22FNO4S/c1-2-19(16-8-10-17(11-9-16)21-7-4-14-30-21)25-29-13-12-28-20-6-3-5-18(23(20)24)15-22(26)27/h3-11,14H,2,12-13,15H2,1H3,(H,26,27)/b25-19+. The number of carbonyl (C=O) groups is 1. The minimum Gasteiger partial charge on any atom is -0.487 e. The van der Waals surface area contributed by atoms with Gasteiger partial charge in [0.05, 0.1) is 12.1 Å². The SMILES string of the molecule is CC/C(=N\OCCOc1cccc(CC(=O)O)c1F)c1ccc(-c2cccs2)cc1. The second kappa shape index (κ2) is 10.5. The average Bonchev–Trinajstić information content (AvgIpc) is 3.28. The number of oxime groups is 1. The Morgan fingerprint density at radius 3 is 2.57 bits per heavy atom. The number of ether oxygens (including phenoxy) is 1. The first-order valence-corrected chi connectivity index (χ1v) is 10.4. The first-order chi connectivity index (χ1) is 14.6. The second-order valence-electron chi connectivity index (χ2n) is 6.43. The van der Waals surface area contributed by atoms with Crippen molar-refractivity contribution in [3.8, 4) is 16.2 Å². The molecule has 2 aromatic carbocycles. The van der Waals surface area contributed by atoms with E-state index in [0.717, 1.165) is 16.8 Å². The maximum atomic E-state index is 14.2. The van der Waals surface area contributed by atoms with Crippen LogP contribution in [0.5, 0.6) is 5.75 Å². The van der Waals surface area contributed by atoms with Crippen molar-refractivity contribution in [3.63, 3.8) is 0 Å². The second-order valence-corrected chi connectivity index (χ2v) is 7.38. The summed E-state index contributed by atoms with van der Waals surface area (Å²) >= 11 is 1.69. The minimum absolute atomic E-state index is 0.00112. The van der Waals surface area contributed by atoms with E-state index >= 15 is 0 Å². The normalized spacial score (nSPS) is 11.3. The van der Waals surface area contributed by atoms with Crippen molar-refractivity contribution in [3.05, 3.63) is 76.9 Å². The predicted octanol–water partition coefficient (Wildman–Crippen LogP) is 5.39. The van der Waals surface area contributed by atoms with E-state index in [0.29, 0.717) is 6.42 Å². The van der Waals surface area contributed by atoms with Gasteiger partial charge in [0, 0.05) is 10.4 Å². The molecule has 7 heteroatoms. The Balaban J connectivity index is 1.54. The van der Waals surface area contributed by atoms with Crippen LogP contribution < -0.4 is 4.74 Å². The van der Waals surface area contributed by atoms with Gasteiger partial charge in [-0.25, -0.2) is 4.39 Å². The molecule has 0 saturated carbocycles. The van der Waals surface area contributed by atoms with Crippen molar-refractivity contribution < 1.29 is 23.9 Å². The summed E-state index contributed by atoms with van der Waals surface area (Å²) < 4.78 is 19.6. The molecule has 0 bridgehead atoms. The number of thiophene rings is 1. The smallest absolute Gasteiger partial charge is 0.307 e. The predicted molar refractivity (Wildman–Crippen MR) is 116 cm³/mol. The highest BCUT2D eigenvalue weighted by atomic mass is 32.1. The molecule has 3 rings (SSSR count). The summed E-state index contributed by atoms with van der Waals surface area (Å²) in [6.07, 6.45) is 0.306. The van der Waals surface area contributed by atoms with E-state index in [2.05, 4.69) is 23.4 Å². The Labute approximate surface area is 178 Å². The lowest BCUT2D eigenvalue weighted by Crippen LogP contribution is -2.09. The van der Waals surface area contributed by atoms with Crippen molar-refractivity contribution in [2.24, 2.45) is 5.16 Å². The fraction of sp³-hybridized carbons (Fsp3) is 0.217. The summed E-state index contributed by atoms with van der Waals surface area (Å²) in [4.78, 5) is 17.3. The summed E-state index contributed by atoms with van der Waals surface area (Å²) in [6, 6.07) is 16.7. The van der Waals surface area contributed by atoms with Gasteiger partial charge >= 0.3 is 5.97 Å². The molecular formula is C23H22FNO4S. The summed E-state index contributed by atoms with van der Waals surface area (Å²) in [5, 5.41) is 15.1. The molecule has 0 atom stereocenters. The molecule has 0 radical (unpaired) electrons. The first kappa shape index (κ1) is 21.5. The van der Waals surface area contributed by atoms with Gasteiger partial charge < -0.3 is 14.7 Å². The fourth-order valence-corrected chi connectivity index (χ4v) is 3.60. The van der Waals surface area contributed by atoms with Gasteiger partial charge in [0.2, 0.25) is 0 Å². The molecule has 0 amide bonds. The third-order valence-electron chi connectivity index (χ3n) is 4.35. The van der Waals surface area contributed by atoms with Gasteiger partial charge in [-0.1, -0.05) is 54.5 Å². The summed E-state index contributed by atoms with van der Waals surface area (Å²) in [7, 11) is 0. The quantitative estimate of drug-likeness (QED) is 0.268. The Bertz CT molecular complexity index is 1000. The maximum Gasteiger partial charge on any atom is 0.307 e. The zero-order chi connectivity index (χ0) is 21.3. The van der Waals surface area contributed by atoms with E-state index in [-0.39, 0.29) is 24.5 Å². The molecule has 1 aromatic heterocycles. The van der Waals surface area contributed by atoms with Gasteiger partial charge in [0.25, 0.3) is 0 Å². The van der Waals surface area contributed by atoms with Crippen LogP contribution in [-0.2, 0) is 16.1 Å². The molecular weight excluding hydrogens is 405 g/mol. The number of nitrogens with zero attached hydrogens (tertiary/aromatic N) is 1. The highest BCUT2D eigenvalue weighted by Gasteiger charge is 2.12. The lowest BCUT2D eigenvalue weighted by molar-refractivity contribution is -0.136. The number of benzene rings is 2. The fourth-order valence-electron chi connectivity index (χ4n) is 2.87. The van der Waals surface area contributed by atoms with Crippen LogP contribution in [0.3, 0.4) is 0 Å². The van der Waals surface area contributed by atoms with Crippen molar-refractivity contribution in [1.82, 2.24) is 0 Å². The van der Waals surface area contributed by atoms with Gasteiger partial charge in [-0.2, -0.15) is 0 Å². The van der Waals surface area contributed by atoms with Crippen LogP contribution in [0.25, 0.3) is 10.4 Å². The molecule has 5 nitrogen and oxygen atoms in total. The Morgan fingerprint density at radius 2 is 1.90 bits per heavy atom. The molecule has 0 saturated heterocycles. The van der Waals surface area contributed by atoms with Gasteiger partial charge in [0.15, 0.2) is 18.2 Å². The highest BCUT2D eigenvalue weighted by molar-refractivity contribution is 7.13. The topological polar surface area (TPSA) is 68.1 Å². The lowest BCUT2D eigenvalue weighted by Gasteiger charge is -2.09. The van der Waals surface area contributed by atoms with Crippen LogP contribution in [-0.4, -0.2) is 30.0 Å². The van der Waals surface area contributed by atoms with E-state index < -0.39 is 18.2 Å². The van der Waals surface area contributed by atoms with Crippen molar-refractivity contribution in [1.29, 1.82) is 0 Å². The largest absolute Gasteiger partial charge is 0.487 e. The molecule has 0 unspecified atom stereocenters. The molecule has 1 N–H and O–H groups in total. The first-order valence-electron chi connectivity index (χ1n) is 9.53. The molecule has 156 valence electrons. The number of aliphatic carboxylic acids is 1. The van der Waals surface area contributed by atoms with Gasteiger partial charge in [-0.15, -0.1) is 11.3 Å². The van der Waals surface area contributed by atoms with Gasteiger partial charge in [0.1, 0.15) is 6.61 Å². The summed E-state index contributed by atoms with van der Waals surface area (Å²) in [5.74, 6) is -1.76. The number of hydrogen-bond donors (Lipinski definition) is 1.